The van der Waals surface area contributed by atoms with Gasteiger partial charge in [0.15, 0.2) is 0 Å². The van der Waals surface area contributed by atoms with Crippen LogP contribution < -0.4 is 10.1 Å². The van der Waals surface area contributed by atoms with Crippen LogP contribution in [0.4, 0.5) is 8.78 Å². The van der Waals surface area contributed by atoms with Gasteiger partial charge in [0.25, 0.3) is 5.91 Å². The summed E-state index contributed by atoms with van der Waals surface area (Å²) in [7, 11) is 1.87. The molecule has 0 radical (unpaired) electrons. The Labute approximate surface area is 137 Å². The average Bonchev–Trinajstić information content (AvgIpc) is 2.91. The molecule has 0 aliphatic heterocycles. The SMILES string of the molecule is Cn1cc(C(=O)NCc2ccccc2OC(F)F)c2ccccc21. The average molecular weight is 330 g/mol. The number of benzene rings is 2. The first-order valence-electron chi connectivity index (χ1n) is 7.41. The standard InChI is InChI=1S/C18H16F2N2O2/c1-22-11-14(13-7-3-4-8-15(13)22)17(23)21-10-12-6-2-5-9-16(12)24-18(19)20/h2-9,11,18H,10H2,1H3,(H,21,23). The largest absolute Gasteiger partial charge is 0.434 e. The molecular formula is C18H16F2N2O2. The van der Waals surface area contributed by atoms with E-state index in [9.17, 15) is 13.6 Å². The van der Waals surface area contributed by atoms with E-state index in [0.29, 0.717) is 11.1 Å². The summed E-state index contributed by atoms with van der Waals surface area (Å²) in [6.45, 7) is -2.80. The van der Waals surface area contributed by atoms with Crippen molar-refractivity contribution < 1.29 is 18.3 Å². The minimum absolute atomic E-state index is 0.0609. The van der Waals surface area contributed by atoms with E-state index in [-0.39, 0.29) is 18.2 Å². The Balaban J connectivity index is 1.79. The maximum absolute atomic E-state index is 12.5. The lowest BCUT2D eigenvalue weighted by Crippen LogP contribution is -2.23. The first-order chi connectivity index (χ1) is 11.6. The van der Waals surface area contributed by atoms with Gasteiger partial charge in [-0.3, -0.25) is 4.79 Å². The number of amides is 1. The molecule has 1 aromatic heterocycles. The molecule has 3 aromatic rings. The monoisotopic (exact) mass is 330 g/mol. The molecular weight excluding hydrogens is 314 g/mol. The summed E-state index contributed by atoms with van der Waals surface area (Å²) in [5, 5.41) is 3.60. The number of ether oxygens (including phenoxy) is 1. The fourth-order valence-corrected chi connectivity index (χ4v) is 2.65. The molecule has 0 bridgehead atoms. The zero-order valence-electron chi connectivity index (χ0n) is 13.0. The van der Waals surface area contributed by atoms with Crippen LogP contribution >= 0.6 is 0 Å². The van der Waals surface area contributed by atoms with Crippen molar-refractivity contribution in [2.45, 2.75) is 13.2 Å². The number of aromatic nitrogens is 1. The zero-order chi connectivity index (χ0) is 17.1. The minimum Gasteiger partial charge on any atom is -0.434 e. The number of aryl methyl sites for hydroxylation is 1. The van der Waals surface area contributed by atoms with Crippen molar-refractivity contribution in [1.82, 2.24) is 9.88 Å². The molecule has 4 nitrogen and oxygen atoms in total. The summed E-state index contributed by atoms with van der Waals surface area (Å²) in [5.74, 6) is -0.204. The second-order valence-electron chi connectivity index (χ2n) is 5.34. The third-order valence-corrected chi connectivity index (χ3v) is 3.77. The van der Waals surface area contributed by atoms with Crippen LogP contribution in [0.1, 0.15) is 15.9 Å². The van der Waals surface area contributed by atoms with Crippen molar-refractivity contribution in [2.75, 3.05) is 0 Å². The van der Waals surface area contributed by atoms with Gasteiger partial charge in [0.05, 0.1) is 5.56 Å². The molecule has 0 saturated heterocycles. The Morgan fingerprint density at radius 1 is 1.17 bits per heavy atom. The first kappa shape index (κ1) is 16.0. The number of carbonyl (C=O) groups is 1. The Hall–Kier alpha value is -2.89. The second kappa shape index (κ2) is 6.70. The number of nitrogens with zero attached hydrogens (tertiary/aromatic N) is 1. The van der Waals surface area contributed by atoms with Gasteiger partial charge in [0.1, 0.15) is 5.75 Å². The van der Waals surface area contributed by atoms with Crippen LogP contribution in [0.25, 0.3) is 10.9 Å². The Bertz CT molecular complexity index is 874. The van der Waals surface area contributed by atoms with Crippen LogP contribution in [0.15, 0.2) is 54.7 Å². The summed E-state index contributed by atoms with van der Waals surface area (Å²) in [5.41, 5.74) is 1.98. The molecule has 0 aliphatic carbocycles. The minimum atomic E-state index is -2.90. The molecule has 124 valence electrons. The van der Waals surface area contributed by atoms with Gasteiger partial charge in [0, 0.05) is 36.3 Å². The Kier molecular flexibility index (Phi) is 4.46. The number of para-hydroxylation sites is 2. The van der Waals surface area contributed by atoms with E-state index in [1.807, 2.05) is 35.9 Å². The van der Waals surface area contributed by atoms with Gasteiger partial charge >= 0.3 is 6.61 Å². The van der Waals surface area contributed by atoms with Gasteiger partial charge in [-0.2, -0.15) is 8.78 Å². The van der Waals surface area contributed by atoms with Gasteiger partial charge in [-0.05, 0) is 12.1 Å². The maximum Gasteiger partial charge on any atom is 0.387 e. The number of halogens is 2. The summed E-state index contributed by atoms with van der Waals surface area (Å²) in [6.07, 6.45) is 1.75. The van der Waals surface area contributed by atoms with E-state index in [4.69, 9.17) is 0 Å². The molecule has 1 amide bonds. The third kappa shape index (κ3) is 3.22. The molecule has 0 aliphatic rings. The van der Waals surface area contributed by atoms with Crippen molar-refractivity contribution in [3.05, 3.63) is 65.9 Å². The second-order valence-corrected chi connectivity index (χ2v) is 5.34. The molecule has 2 aromatic carbocycles. The lowest BCUT2D eigenvalue weighted by atomic mass is 10.1. The van der Waals surface area contributed by atoms with E-state index in [0.717, 1.165) is 10.9 Å². The van der Waals surface area contributed by atoms with Crippen LogP contribution in [-0.2, 0) is 13.6 Å². The molecule has 24 heavy (non-hydrogen) atoms. The van der Waals surface area contributed by atoms with E-state index < -0.39 is 6.61 Å². The fourth-order valence-electron chi connectivity index (χ4n) is 2.65. The van der Waals surface area contributed by atoms with Crippen molar-refractivity contribution in [3.63, 3.8) is 0 Å². The highest BCUT2D eigenvalue weighted by atomic mass is 19.3. The quantitative estimate of drug-likeness (QED) is 0.775. The number of nitrogens with one attached hydrogen (secondary N) is 1. The van der Waals surface area contributed by atoms with Crippen LogP contribution in [0.3, 0.4) is 0 Å². The highest BCUT2D eigenvalue weighted by Crippen LogP contribution is 2.22. The molecule has 0 fully saturated rings. The smallest absolute Gasteiger partial charge is 0.387 e. The van der Waals surface area contributed by atoms with E-state index in [1.54, 1.807) is 24.4 Å². The number of rotatable bonds is 5. The van der Waals surface area contributed by atoms with E-state index >= 15 is 0 Å². The van der Waals surface area contributed by atoms with E-state index in [2.05, 4.69) is 10.1 Å². The summed E-state index contributed by atoms with van der Waals surface area (Å²) in [6, 6.07) is 14.0. The third-order valence-electron chi connectivity index (χ3n) is 3.77. The molecule has 1 N–H and O–H groups in total. The molecule has 0 saturated carbocycles. The Morgan fingerprint density at radius 2 is 1.88 bits per heavy atom. The molecule has 6 heteroatoms. The van der Waals surface area contributed by atoms with Gasteiger partial charge < -0.3 is 14.6 Å². The highest BCUT2D eigenvalue weighted by molar-refractivity contribution is 6.06. The molecule has 1 heterocycles. The fraction of sp³-hybridized carbons (Fsp3) is 0.167. The predicted octanol–water partition coefficient (Wildman–Crippen LogP) is 3.71. The number of hydrogen-bond acceptors (Lipinski definition) is 2. The van der Waals surface area contributed by atoms with E-state index in [1.165, 1.54) is 6.07 Å². The lowest BCUT2D eigenvalue weighted by Gasteiger charge is -2.11. The normalized spacial score (nSPS) is 11.0. The number of fused-ring (bicyclic) bond motifs is 1. The van der Waals surface area contributed by atoms with Crippen LogP contribution in [-0.4, -0.2) is 17.1 Å². The number of alkyl halides is 2. The van der Waals surface area contributed by atoms with Crippen LogP contribution in [0, 0.1) is 0 Å². The van der Waals surface area contributed by atoms with Crippen molar-refractivity contribution >= 4 is 16.8 Å². The molecule has 0 atom stereocenters. The van der Waals surface area contributed by atoms with Crippen LogP contribution in [0.2, 0.25) is 0 Å². The van der Waals surface area contributed by atoms with Gasteiger partial charge in [-0.25, -0.2) is 0 Å². The lowest BCUT2D eigenvalue weighted by molar-refractivity contribution is -0.0504. The Morgan fingerprint density at radius 3 is 2.67 bits per heavy atom. The number of carbonyl (C=O) groups excluding carboxylic acids is 1. The summed E-state index contributed by atoms with van der Waals surface area (Å²) < 4.78 is 31.2. The highest BCUT2D eigenvalue weighted by Gasteiger charge is 2.15. The van der Waals surface area contributed by atoms with Crippen molar-refractivity contribution in [3.8, 4) is 5.75 Å². The predicted molar refractivity (Wildman–Crippen MR) is 87.2 cm³/mol. The molecule has 3 rings (SSSR count). The van der Waals surface area contributed by atoms with Gasteiger partial charge in [-0.1, -0.05) is 36.4 Å². The summed E-state index contributed by atoms with van der Waals surface area (Å²) >= 11 is 0. The number of hydrogen-bond donors (Lipinski definition) is 1. The molecule has 0 unspecified atom stereocenters. The molecule has 0 spiro atoms. The van der Waals surface area contributed by atoms with Gasteiger partial charge in [-0.15, -0.1) is 0 Å². The van der Waals surface area contributed by atoms with Crippen molar-refractivity contribution in [2.24, 2.45) is 7.05 Å². The van der Waals surface area contributed by atoms with Crippen LogP contribution in [0.5, 0.6) is 5.75 Å². The zero-order valence-corrected chi connectivity index (χ0v) is 13.0. The van der Waals surface area contributed by atoms with Crippen molar-refractivity contribution in [1.29, 1.82) is 0 Å². The topological polar surface area (TPSA) is 43.3 Å². The maximum atomic E-state index is 12.5. The summed E-state index contributed by atoms with van der Waals surface area (Å²) in [4.78, 5) is 12.5. The van der Waals surface area contributed by atoms with Gasteiger partial charge in [0.2, 0.25) is 0 Å². The first-order valence-corrected chi connectivity index (χ1v) is 7.41.